The van der Waals surface area contributed by atoms with Crippen molar-refractivity contribution >= 4 is 6.29 Å². The van der Waals surface area contributed by atoms with Gasteiger partial charge in [0.25, 0.3) is 0 Å². The van der Waals surface area contributed by atoms with Crippen molar-refractivity contribution in [3.63, 3.8) is 0 Å². The molecule has 0 unspecified atom stereocenters. The maximum atomic E-state index is 9.70. The Labute approximate surface area is 55.2 Å². The van der Waals surface area contributed by atoms with Crippen LogP contribution in [-0.4, -0.2) is 17.5 Å². The zero-order valence-electron chi connectivity index (χ0n) is 5.58. The minimum Gasteiger partial charge on any atom is -0.393 e. The molecule has 0 heterocycles. The van der Waals surface area contributed by atoms with Crippen molar-refractivity contribution in [3.8, 4) is 0 Å². The van der Waals surface area contributed by atoms with E-state index in [9.17, 15) is 4.79 Å². The Morgan fingerprint density at radius 2 is 2.33 bits per heavy atom. The number of aldehydes is 1. The summed E-state index contributed by atoms with van der Waals surface area (Å²) in [7, 11) is 0. The summed E-state index contributed by atoms with van der Waals surface area (Å²) in [6.45, 7) is 1.73. The Bertz CT molecular complexity index is 95.1. The van der Waals surface area contributed by atoms with E-state index < -0.39 is 0 Å². The zero-order chi connectivity index (χ0) is 7.11. The molecule has 1 atom stereocenters. The van der Waals surface area contributed by atoms with Gasteiger partial charge in [-0.3, -0.25) is 4.79 Å². The SMILES string of the molecule is C[C@@H](O)CC/C=C/C=O. The average molecular weight is 128 g/mol. The summed E-state index contributed by atoms with van der Waals surface area (Å²) in [5.41, 5.74) is 0. The summed E-state index contributed by atoms with van der Waals surface area (Å²) < 4.78 is 0. The van der Waals surface area contributed by atoms with E-state index in [-0.39, 0.29) is 6.10 Å². The van der Waals surface area contributed by atoms with Crippen LogP contribution in [0.3, 0.4) is 0 Å². The third-order valence-corrected chi connectivity index (χ3v) is 0.966. The van der Waals surface area contributed by atoms with E-state index in [1.54, 1.807) is 13.0 Å². The fourth-order valence-electron chi connectivity index (χ4n) is 0.489. The van der Waals surface area contributed by atoms with E-state index in [0.717, 1.165) is 19.1 Å². The number of aliphatic hydroxyl groups excluding tert-OH is 1. The molecule has 0 fully saturated rings. The fourth-order valence-corrected chi connectivity index (χ4v) is 0.489. The van der Waals surface area contributed by atoms with E-state index in [0.29, 0.717) is 0 Å². The molecule has 0 saturated carbocycles. The largest absolute Gasteiger partial charge is 0.393 e. The quantitative estimate of drug-likeness (QED) is 0.451. The topological polar surface area (TPSA) is 37.3 Å². The fraction of sp³-hybridized carbons (Fsp3) is 0.571. The molecule has 0 aromatic heterocycles. The van der Waals surface area contributed by atoms with E-state index in [1.807, 2.05) is 0 Å². The van der Waals surface area contributed by atoms with E-state index in [2.05, 4.69) is 0 Å². The molecule has 0 saturated heterocycles. The number of hydrogen-bond donors (Lipinski definition) is 1. The average Bonchev–Trinajstić information content (AvgIpc) is 1.80. The maximum absolute atomic E-state index is 9.70. The van der Waals surface area contributed by atoms with Gasteiger partial charge in [0.2, 0.25) is 0 Å². The summed E-state index contributed by atoms with van der Waals surface area (Å²) in [5.74, 6) is 0. The van der Waals surface area contributed by atoms with Gasteiger partial charge < -0.3 is 5.11 Å². The van der Waals surface area contributed by atoms with Gasteiger partial charge in [-0.25, -0.2) is 0 Å². The van der Waals surface area contributed by atoms with Crippen molar-refractivity contribution < 1.29 is 9.90 Å². The van der Waals surface area contributed by atoms with Crippen LogP contribution in [0.5, 0.6) is 0 Å². The summed E-state index contributed by atoms with van der Waals surface area (Å²) in [4.78, 5) is 9.70. The van der Waals surface area contributed by atoms with Gasteiger partial charge in [0.05, 0.1) is 6.10 Å². The molecule has 0 bridgehead atoms. The summed E-state index contributed by atoms with van der Waals surface area (Å²) in [6, 6.07) is 0. The van der Waals surface area contributed by atoms with E-state index in [1.165, 1.54) is 6.08 Å². The van der Waals surface area contributed by atoms with Crippen LogP contribution in [0.15, 0.2) is 12.2 Å². The van der Waals surface area contributed by atoms with Crippen LogP contribution in [0.1, 0.15) is 19.8 Å². The summed E-state index contributed by atoms with van der Waals surface area (Å²) in [6.07, 6.45) is 5.17. The molecule has 1 N–H and O–H groups in total. The molecule has 2 heteroatoms. The van der Waals surface area contributed by atoms with E-state index >= 15 is 0 Å². The standard InChI is InChI=1S/C7H12O2/c1-7(9)5-3-2-4-6-8/h2,4,6-7,9H,3,5H2,1H3/b4-2+/t7-/m1/s1. The minimum absolute atomic E-state index is 0.263. The van der Waals surface area contributed by atoms with Crippen LogP contribution in [-0.2, 0) is 4.79 Å². The first-order valence-corrected chi connectivity index (χ1v) is 3.05. The second kappa shape index (κ2) is 5.51. The van der Waals surface area contributed by atoms with Gasteiger partial charge >= 0.3 is 0 Å². The van der Waals surface area contributed by atoms with Crippen LogP contribution in [0, 0.1) is 0 Å². The Kier molecular flexibility index (Phi) is 5.12. The van der Waals surface area contributed by atoms with Crippen molar-refractivity contribution in [2.24, 2.45) is 0 Å². The number of rotatable bonds is 4. The van der Waals surface area contributed by atoms with Crippen LogP contribution in [0.4, 0.5) is 0 Å². The lowest BCUT2D eigenvalue weighted by molar-refractivity contribution is -0.104. The van der Waals surface area contributed by atoms with Gasteiger partial charge in [-0.05, 0) is 25.8 Å². The van der Waals surface area contributed by atoms with Gasteiger partial charge in [0.1, 0.15) is 6.29 Å². The molecule has 0 rings (SSSR count). The number of carbonyl (C=O) groups is 1. The normalized spacial score (nSPS) is 14.0. The lowest BCUT2D eigenvalue weighted by Crippen LogP contribution is -1.96. The van der Waals surface area contributed by atoms with Crippen LogP contribution >= 0.6 is 0 Å². The van der Waals surface area contributed by atoms with Gasteiger partial charge in [-0.15, -0.1) is 0 Å². The molecule has 0 aromatic rings. The summed E-state index contributed by atoms with van der Waals surface area (Å²) >= 11 is 0. The Morgan fingerprint density at radius 1 is 1.67 bits per heavy atom. The van der Waals surface area contributed by atoms with Gasteiger partial charge in [0, 0.05) is 0 Å². The molecule has 0 spiro atoms. The lowest BCUT2D eigenvalue weighted by atomic mass is 10.2. The van der Waals surface area contributed by atoms with E-state index in [4.69, 9.17) is 5.11 Å². The van der Waals surface area contributed by atoms with Crippen molar-refractivity contribution in [2.75, 3.05) is 0 Å². The third-order valence-electron chi connectivity index (χ3n) is 0.966. The first kappa shape index (κ1) is 8.37. The molecule has 0 aliphatic rings. The molecule has 0 aliphatic carbocycles. The molecular formula is C7H12O2. The number of carbonyl (C=O) groups excluding carboxylic acids is 1. The molecular weight excluding hydrogens is 116 g/mol. The first-order valence-electron chi connectivity index (χ1n) is 3.05. The molecule has 0 radical (unpaired) electrons. The monoisotopic (exact) mass is 128 g/mol. The highest BCUT2D eigenvalue weighted by Gasteiger charge is 1.89. The van der Waals surface area contributed by atoms with Crippen LogP contribution < -0.4 is 0 Å². The summed E-state index contributed by atoms with van der Waals surface area (Å²) in [5, 5.41) is 8.73. The molecule has 0 aliphatic heterocycles. The van der Waals surface area contributed by atoms with Crippen molar-refractivity contribution in [2.45, 2.75) is 25.9 Å². The predicted octanol–water partition coefficient (Wildman–Crippen LogP) is 0.902. The highest BCUT2D eigenvalue weighted by atomic mass is 16.3. The minimum atomic E-state index is -0.263. The third kappa shape index (κ3) is 7.37. The van der Waals surface area contributed by atoms with Crippen molar-refractivity contribution in [3.05, 3.63) is 12.2 Å². The second-order valence-corrected chi connectivity index (χ2v) is 1.99. The Hall–Kier alpha value is -0.630. The van der Waals surface area contributed by atoms with Crippen molar-refractivity contribution in [1.29, 1.82) is 0 Å². The van der Waals surface area contributed by atoms with Gasteiger partial charge in [-0.1, -0.05) is 6.08 Å². The molecule has 0 amide bonds. The smallest absolute Gasteiger partial charge is 0.142 e. The van der Waals surface area contributed by atoms with Crippen molar-refractivity contribution in [1.82, 2.24) is 0 Å². The van der Waals surface area contributed by atoms with Gasteiger partial charge in [-0.2, -0.15) is 0 Å². The first-order chi connectivity index (χ1) is 4.27. The Balaban J connectivity index is 3.08. The Morgan fingerprint density at radius 3 is 2.78 bits per heavy atom. The van der Waals surface area contributed by atoms with Crippen LogP contribution in [0.2, 0.25) is 0 Å². The zero-order valence-corrected chi connectivity index (χ0v) is 5.58. The molecule has 9 heavy (non-hydrogen) atoms. The molecule has 52 valence electrons. The number of allylic oxidation sites excluding steroid dienone is 2. The number of hydrogen-bond acceptors (Lipinski definition) is 2. The molecule has 0 aromatic carbocycles. The molecule has 2 nitrogen and oxygen atoms in total. The number of aliphatic hydroxyl groups is 1. The lowest BCUT2D eigenvalue weighted by Gasteiger charge is -1.96. The predicted molar refractivity (Wildman–Crippen MR) is 36.1 cm³/mol. The maximum Gasteiger partial charge on any atom is 0.142 e. The van der Waals surface area contributed by atoms with Crippen LogP contribution in [0.25, 0.3) is 0 Å². The highest BCUT2D eigenvalue weighted by molar-refractivity contribution is 5.64. The highest BCUT2D eigenvalue weighted by Crippen LogP contribution is 1.95. The van der Waals surface area contributed by atoms with Gasteiger partial charge in [0.15, 0.2) is 0 Å². The second-order valence-electron chi connectivity index (χ2n) is 1.99.